The number of aromatic nitrogens is 2. The second-order valence-corrected chi connectivity index (χ2v) is 5.53. The lowest BCUT2D eigenvalue weighted by molar-refractivity contribution is 0.613. The fourth-order valence-corrected chi connectivity index (χ4v) is 2.15. The molecule has 1 aromatic heterocycles. The molecule has 0 aliphatic heterocycles. The highest BCUT2D eigenvalue weighted by atomic mass is 79.9. The van der Waals surface area contributed by atoms with Crippen molar-refractivity contribution in [3.63, 3.8) is 0 Å². The first-order chi connectivity index (χ1) is 6.91. The lowest BCUT2D eigenvalue weighted by Crippen LogP contribution is -2.06. The predicted octanol–water partition coefficient (Wildman–Crippen LogP) is 4.21. The van der Waals surface area contributed by atoms with Gasteiger partial charge in [0.1, 0.15) is 11.0 Å². The van der Waals surface area contributed by atoms with Crippen LogP contribution in [-0.2, 0) is 6.42 Å². The molecule has 0 N–H and O–H groups in total. The van der Waals surface area contributed by atoms with Gasteiger partial charge in [-0.1, -0.05) is 39.3 Å². The molecule has 1 aromatic rings. The quantitative estimate of drug-likeness (QED) is 0.780. The molecule has 0 saturated carbocycles. The van der Waals surface area contributed by atoms with E-state index in [1.165, 1.54) is 0 Å². The van der Waals surface area contributed by atoms with Gasteiger partial charge in [0.2, 0.25) is 0 Å². The molecular formula is C11H16BrClN2. The number of hydrogen-bond donors (Lipinski definition) is 0. The Morgan fingerprint density at radius 2 is 1.80 bits per heavy atom. The van der Waals surface area contributed by atoms with E-state index >= 15 is 0 Å². The first kappa shape index (κ1) is 12.9. The van der Waals surface area contributed by atoms with Gasteiger partial charge in [-0.2, -0.15) is 0 Å². The molecule has 0 unspecified atom stereocenters. The molecule has 84 valence electrons. The summed E-state index contributed by atoms with van der Waals surface area (Å²) in [5.74, 6) is 1.73. The second kappa shape index (κ2) is 5.26. The Kier molecular flexibility index (Phi) is 4.53. The Hall–Kier alpha value is -0.150. The lowest BCUT2D eigenvalue weighted by atomic mass is 10.1. The molecule has 0 radical (unpaired) electrons. The van der Waals surface area contributed by atoms with Crippen molar-refractivity contribution in [1.29, 1.82) is 0 Å². The van der Waals surface area contributed by atoms with E-state index in [2.05, 4.69) is 53.6 Å². The van der Waals surface area contributed by atoms with E-state index in [0.29, 0.717) is 17.0 Å². The Balaban J connectivity index is 3.11. The average molecular weight is 292 g/mol. The normalized spacial score (nSPS) is 11.5. The summed E-state index contributed by atoms with van der Waals surface area (Å²) in [7, 11) is 0. The van der Waals surface area contributed by atoms with Gasteiger partial charge >= 0.3 is 0 Å². The van der Waals surface area contributed by atoms with Gasteiger partial charge in [-0.05, 0) is 27.8 Å². The fraction of sp³-hybridized carbons (Fsp3) is 0.636. The van der Waals surface area contributed by atoms with Crippen LogP contribution in [-0.4, -0.2) is 9.97 Å². The van der Waals surface area contributed by atoms with E-state index in [1.54, 1.807) is 0 Å². The topological polar surface area (TPSA) is 25.8 Å². The molecule has 0 bridgehead atoms. The van der Waals surface area contributed by atoms with Crippen LogP contribution in [0.15, 0.2) is 4.47 Å². The summed E-state index contributed by atoms with van der Waals surface area (Å²) in [5.41, 5.74) is 0.991. The minimum absolute atomic E-state index is 0.353. The molecule has 0 saturated heterocycles. The Bertz CT molecular complexity index is 351. The van der Waals surface area contributed by atoms with E-state index in [0.717, 1.165) is 22.4 Å². The molecule has 0 aliphatic carbocycles. The summed E-state index contributed by atoms with van der Waals surface area (Å²) in [6.07, 6.45) is 0.868. The SMILES string of the molecule is CC(C)Cc1nc(Cl)c(Br)c(C(C)C)n1. The number of hydrogen-bond acceptors (Lipinski definition) is 2. The summed E-state index contributed by atoms with van der Waals surface area (Å²) >= 11 is 9.47. The summed E-state index contributed by atoms with van der Waals surface area (Å²) in [6, 6.07) is 0. The third-order valence-electron chi connectivity index (χ3n) is 2.02. The van der Waals surface area contributed by atoms with E-state index in [4.69, 9.17) is 11.6 Å². The second-order valence-electron chi connectivity index (χ2n) is 4.38. The molecule has 1 rings (SSSR count). The van der Waals surface area contributed by atoms with Crippen molar-refractivity contribution in [1.82, 2.24) is 9.97 Å². The average Bonchev–Trinajstić information content (AvgIpc) is 2.09. The molecule has 0 fully saturated rings. The Morgan fingerprint density at radius 1 is 1.20 bits per heavy atom. The minimum Gasteiger partial charge on any atom is -0.236 e. The van der Waals surface area contributed by atoms with E-state index in [-0.39, 0.29) is 0 Å². The molecule has 15 heavy (non-hydrogen) atoms. The first-order valence-corrected chi connectivity index (χ1v) is 6.30. The molecular weight excluding hydrogens is 275 g/mol. The highest BCUT2D eigenvalue weighted by Gasteiger charge is 2.14. The Morgan fingerprint density at radius 3 is 2.27 bits per heavy atom. The van der Waals surface area contributed by atoms with Crippen LogP contribution >= 0.6 is 27.5 Å². The summed E-state index contributed by atoms with van der Waals surface area (Å²) in [6.45, 7) is 8.49. The standard InChI is InChI=1S/C11H16BrClN2/c1-6(2)5-8-14-10(7(3)4)9(12)11(13)15-8/h6-7H,5H2,1-4H3. The summed E-state index contributed by atoms with van der Waals surface area (Å²) in [5, 5.41) is 0.518. The zero-order chi connectivity index (χ0) is 11.6. The van der Waals surface area contributed by atoms with Crippen molar-refractivity contribution >= 4 is 27.5 Å². The van der Waals surface area contributed by atoms with Crippen LogP contribution in [0, 0.1) is 5.92 Å². The van der Waals surface area contributed by atoms with Gasteiger partial charge in [-0.3, -0.25) is 0 Å². The fourth-order valence-electron chi connectivity index (χ4n) is 1.32. The smallest absolute Gasteiger partial charge is 0.147 e. The maximum atomic E-state index is 6.05. The van der Waals surface area contributed by atoms with Crippen molar-refractivity contribution < 1.29 is 0 Å². The van der Waals surface area contributed by atoms with Crippen LogP contribution in [0.1, 0.15) is 45.1 Å². The molecule has 1 heterocycles. The van der Waals surface area contributed by atoms with Crippen LogP contribution in [0.5, 0.6) is 0 Å². The van der Waals surface area contributed by atoms with Crippen LogP contribution in [0.2, 0.25) is 5.15 Å². The van der Waals surface area contributed by atoms with Gasteiger partial charge in [0, 0.05) is 6.42 Å². The molecule has 0 atom stereocenters. The van der Waals surface area contributed by atoms with Crippen LogP contribution in [0.4, 0.5) is 0 Å². The van der Waals surface area contributed by atoms with Crippen molar-refractivity contribution in [2.75, 3.05) is 0 Å². The van der Waals surface area contributed by atoms with Gasteiger partial charge in [0.05, 0.1) is 10.2 Å². The third-order valence-corrected chi connectivity index (χ3v) is 3.30. The molecule has 2 nitrogen and oxygen atoms in total. The van der Waals surface area contributed by atoms with E-state index in [1.807, 2.05) is 0 Å². The molecule has 0 amide bonds. The molecule has 0 aliphatic rings. The van der Waals surface area contributed by atoms with Crippen molar-refractivity contribution in [3.8, 4) is 0 Å². The molecule has 0 aromatic carbocycles. The highest BCUT2D eigenvalue weighted by Crippen LogP contribution is 2.28. The maximum absolute atomic E-state index is 6.05. The highest BCUT2D eigenvalue weighted by molar-refractivity contribution is 9.10. The van der Waals surface area contributed by atoms with Gasteiger partial charge in [-0.25, -0.2) is 9.97 Å². The number of rotatable bonds is 3. The predicted molar refractivity (Wildman–Crippen MR) is 67.4 cm³/mol. The number of nitrogens with zero attached hydrogens (tertiary/aromatic N) is 2. The van der Waals surface area contributed by atoms with Gasteiger partial charge < -0.3 is 0 Å². The zero-order valence-electron chi connectivity index (χ0n) is 9.51. The number of halogens is 2. The summed E-state index contributed by atoms with van der Waals surface area (Å²) in [4.78, 5) is 8.79. The van der Waals surface area contributed by atoms with Crippen molar-refractivity contribution in [3.05, 3.63) is 21.1 Å². The van der Waals surface area contributed by atoms with Crippen molar-refractivity contribution in [2.45, 2.75) is 40.0 Å². The lowest BCUT2D eigenvalue weighted by Gasteiger charge is -2.11. The van der Waals surface area contributed by atoms with Gasteiger partial charge in [0.25, 0.3) is 0 Å². The first-order valence-electron chi connectivity index (χ1n) is 5.13. The van der Waals surface area contributed by atoms with Crippen LogP contribution in [0.25, 0.3) is 0 Å². The molecule has 4 heteroatoms. The largest absolute Gasteiger partial charge is 0.236 e. The van der Waals surface area contributed by atoms with Gasteiger partial charge in [-0.15, -0.1) is 0 Å². The zero-order valence-corrected chi connectivity index (χ0v) is 11.9. The maximum Gasteiger partial charge on any atom is 0.147 e. The monoisotopic (exact) mass is 290 g/mol. The third kappa shape index (κ3) is 3.42. The van der Waals surface area contributed by atoms with Crippen LogP contribution < -0.4 is 0 Å². The molecule has 0 spiro atoms. The van der Waals surface area contributed by atoms with Crippen LogP contribution in [0.3, 0.4) is 0 Å². The van der Waals surface area contributed by atoms with Crippen molar-refractivity contribution in [2.24, 2.45) is 5.92 Å². The summed E-state index contributed by atoms with van der Waals surface area (Å²) < 4.78 is 0.826. The van der Waals surface area contributed by atoms with E-state index < -0.39 is 0 Å². The minimum atomic E-state index is 0.353. The van der Waals surface area contributed by atoms with E-state index in [9.17, 15) is 0 Å². The Labute approximate surface area is 105 Å². The van der Waals surface area contributed by atoms with Gasteiger partial charge in [0.15, 0.2) is 0 Å².